The van der Waals surface area contributed by atoms with Crippen LogP contribution in [0.3, 0.4) is 0 Å². The number of amides is 1. The Hall–Kier alpha value is -1.52. The molecule has 2 atom stereocenters. The maximum Gasteiger partial charge on any atom is 0.220 e. The van der Waals surface area contributed by atoms with Crippen molar-refractivity contribution < 1.29 is 4.79 Å². The lowest BCUT2D eigenvalue weighted by atomic mass is 9.85. The molecule has 1 aromatic heterocycles. The van der Waals surface area contributed by atoms with Crippen LogP contribution >= 0.6 is 12.4 Å². The maximum absolute atomic E-state index is 12.1. The molecule has 1 aliphatic rings. The van der Waals surface area contributed by atoms with Crippen LogP contribution in [0.4, 0.5) is 0 Å². The van der Waals surface area contributed by atoms with Crippen molar-refractivity contribution in [3.05, 3.63) is 36.0 Å². The summed E-state index contributed by atoms with van der Waals surface area (Å²) < 4.78 is 0. The van der Waals surface area contributed by atoms with Crippen molar-refractivity contribution in [3.63, 3.8) is 0 Å². The Morgan fingerprint density at radius 1 is 1.36 bits per heavy atom. The molecule has 0 bridgehead atoms. The molecule has 2 aromatic rings. The summed E-state index contributed by atoms with van der Waals surface area (Å²) in [5.74, 6) is 1.31. The lowest BCUT2D eigenvalue weighted by molar-refractivity contribution is -0.122. The molecule has 1 amide bonds. The van der Waals surface area contributed by atoms with Crippen LogP contribution < -0.4 is 10.6 Å². The van der Waals surface area contributed by atoms with Crippen molar-refractivity contribution in [2.75, 3.05) is 19.6 Å². The average Bonchev–Trinajstić information content (AvgIpc) is 3.03. The molecule has 2 heterocycles. The van der Waals surface area contributed by atoms with E-state index in [0.717, 1.165) is 32.5 Å². The number of halogens is 1. The first-order chi connectivity index (χ1) is 11.7. The van der Waals surface area contributed by atoms with Crippen molar-refractivity contribution in [2.45, 2.75) is 39.0 Å². The molecule has 4 nitrogen and oxygen atoms in total. The molecule has 3 rings (SSSR count). The zero-order valence-electron chi connectivity index (χ0n) is 15.0. The molecule has 3 N–H and O–H groups in total. The third-order valence-corrected chi connectivity index (χ3v) is 5.27. The Balaban J connectivity index is 0.00000225. The van der Waals surface area contributed by atoms with Gasteiger partial charge in [0.05, 0.1) is 0 Å². The molecule has 0 saturated carbocycles. The number of hydrogen-bond donors (Lipinski definition) is 3. The van der Waals surface area contributed by atoms with E-state index in [2.05, 4.69) is 46.9 Å². The Morgan fingerprint density at radius 3 is 3.00 bits per heavy atom. The van der Waals surface area contributed by atoms with Gasteiger partial charge in [-0.3, -0.25) is 4.79 Å². The summed E-state index contributed by atoms with van der Waals surface area (Å²) in [5.41, 5.74) is 2.52. The number of benzene rings is 1. The molecule has 25 heavy (non-hydrogen) atoms. The van der Waals surface area contributed by atoms with Crippen LogP contribution in [0.15, 0.2) is 30.5 Å². The van der Waals surface area contributed by atoms with E-state index < -0.39 is 0 Å². The maximum atomic E-state index is 12.1. The van der Waals surface area contributed by atoms with Gasteiger partial charge < -0.3 is 15.6 Å². The van der Waals surface area contributed by atoms with Gasteiger partial charge in [-0.15, -0.1) is 12.4 Å². The summed E-state index contributed by atoms with van der Waals surface area (Å²) in [4.78, 5) is 15.4. The standard InChI is InChI=1S/C20H29N3O.ClH/c1-15(16-6-4-10-21-13-16)12-20(24)22-11-5-7-17-14-23-19-9-3-2-8-18(17)19;/h2-3,8-9,14-16,21,23H,4-7,10-13H2,1H3,(H,22,24);1H. The van der Waals surface area contributed by atoms with Gasteiger partial charge in [0.15, 0.2) is 0 Å². The van der Waals surface area contributed by atoms with E-state index in [0.29, 0.717) is 18.3 Å². The van der Waals surface area contributed by atoms with Gasteiger partial charge >= 0.3 is 0 Å². The predicted octanol–water partition coefficient (Wildman–Crippen LogP) is 3.66. The molecular formula is C20H30ClN3O. The van der Waals surface area contributed by atoms with E-state index >= 15 is 0 Å². The number of piperidine rings is 1. The van der Waals surface area contributed by atoms with Crippen molar-refractivity contribution >= 4 is 29.2 Å². The number of aromatic amines is 1. The molecule has 1 aromatic carbocycles. The second-order valence-electron chi connectivity index (χ2n) is 7.10. The van der Waals surface area contributed by atoms with Gasteiger partial charge in [-0.05, 0) is 62.2 Å². The summed E-state index contributed by atoms with van der Waals surface area (Å²) in [6.07, 6.45) is 7.20. The van der Waals surface area contributed by atoms with Gasteiger partial charge in [0.1, 0.15) is 0 Å². The highest BCUT2D eigenvalue weighted by atomic mass is 35.5. The summed E-state index contributed by atoms with van der Waals surface area (Å²) in [6, 6.07) is 8.37. The summed E-state index contributed by atoms with van der Waals surface area (Å²) in [6.45, 7) is 5.16. The van der Waals surface area contributed by atoms with E-state index in [1.165, 1.54) is 29.3 Å². The quantitative estimate of drug-likeness (QED) is 0.657. The Morgan fingerprint density at radius 2 is 2.20 bits per heavy atom. The summed E-state index contributed by atoms with van der Waals surface area (Å²) in [5, 5.41) is 7.82. The second kappa shape index (κ2) is 9.83. The van der Waals surface area contributed by atoms with E-state index in [-0.39, 0.29) is 18.3 Å². The molecule has 5 heteroatoms. The second-order valence-corrected chi connectivity index (χ2v) is 7.10. The average molecular weight is 364 g/mol. The number of rotatable bonds is 7. The van der Waals surface area contributed by atoms with Crippen LogP contribution in [-0.4, -0.2) is 30.5 Å². The molecular weight excluding hydrogens is 334 g/mol. The number of carbonyl (C=O) groups excluding carboxylic acids is 1. The smallest absolute Gasteiger partial charge is 0.220 e. The van der Waals surface area contributed by atoms with E-state index in [9.17, 15) is 4.79 Å². The minimum absolute atomic E-state index is 0. The number of fused-ring (bicyclic) bond motifs is 1. The molecule has 138 valence electrons. The third kappa shape index (κ3) is 5.48. The number of carbonyl (C=O) groups is 1. The first kappa shape index (κ1) is 19.8. The number of aromatic nitrogens is 1. The molecule has 1 aliphatic heterocycles. The highest BCUT2D eigenvalue weighted by Gasteiger charge is 2.21. The number of para-hydroxylation sites is 1. The number of nitrogens with one attached hydrogen (secondary N) is 3. The van der Waals surface area contributed by atoms with Gasteiger partial charge in [0.2, 0.25) is 5.91 Å². The fourth-order valence-electron chi connectivity index (χ4n) is 3.74. The third-order valence-electron chi connectivity index (χ3n) is 5.27. The molecule has 1 fully saturated rings. The fraction of sp³-hybridized carbons (Fsp3) is 0.550. The van der Waals surface area contributed by atoms with E-state index in [1.54, 1.807) is 0 Å². The van der Waals surface area contributed by atoms with Crippen LogP contribution in [0.1, 0.15) is 38.2 Å². The van der Waals surface area contributed by atoms with Crippen molar-refractivity contribution in [1.82, 2.24) is 15.6 Å². The minimum atomic E-state index is 0. The molecule has 0 spiro atoms. The Labute approximate surface area is 156 Å². The van der Waals surface area contributed by atoms with E-state index in [4.69, 9.17) is 0 Å². The topological polar surface area (TPSA) is 56.9 Å². The van der Waals surface area contributed by atoms with Crippen molar-refractivity contribution in [1.29, 1.82) is 0 Å². The first-order valence-corrected chi connectivity index (χ1v) is 9.26. The van der Waals surface area contributed by atoms with Gasteiger partial charge in [-0.25, -0.2) is 0 Å². The van der Waals surface area contributed by atoms with Crippen molar-refractivity contribution in [3.8, 4) is 0 Å². The fourth-order valence-corrected chi connectivity index (χ4v) is 3.74. The highest BCUT2D eigenvalue weighted by Crippen LogP contribution is 2.22. The van der Waals surface area contributed by atoms with Gasteiger partial charge in [-0.1, -0.05) is 25.1 Å². The highest BCUT2D eigenvalue weighted by molar-refractivity contribution is 5.85. The molecule has 0 aliphatic carbocycles. The van der Waals surface area contributed by atoms with Crippen LogP contribution in [0.2, 0.25) is 0 Å². The van der Waals surface area contributed by atoms with Gasteiger partial charge in [-0.2, -0.15) is 0 Å². The monoisotopic (exact) mass is 363 g/mol. The molecule has 1 saturated heterocycles. The predicted molar refractivity (Wildman–Crippen MR) is 106 cm³/mol. The Kier molecular flexibility index (Phi) is 7.79. The number of H-pyrrole nitrogens is 1. The van der Waals surface area contributed by atoms with Crippen LogP contribution in [-0.2, 0) is 11.2 Å². The SMILES string of the molecule is CC(CC(=O)NCCCc1c[nH]c2ccccc12)C1CCCNC1.Cl. The zero-order chi connectivity index (χ0) is 16.8. The molecule has 2 unspecified atom stereocenters. The summed E-state index contributed by atoms with van der Waals surface area (Å²) >= 11 is 0. The lowest BCUT2D eigenvalue weighted by Gasteiger charge is -2.28. The van der Waals surface area contributed by atoms with Crippen LogP contribution in [0, 0.1) is 11.8 Å². The number of aryl methyl sites for hydroxylation is 1. The lowest BCUT2D eigenvalue weighted by Crippen LogP contribution is -2.35. The first-order valence-electron chi connectivity index (χ1n) is 9.26. The number of hydrogen-bond acceptors (Lipinski definition) is 2. The van der Waals surface area contributed by atoms with Crippen molar-refractivity contribution in [2.24, 2.45) is 11.8 Å². The van der Waals surface area contributed by atoms with Gasteiger partial charge in [0, 0.05) is 30.1 Å². The van der Waals surface area contributed by atoms with Crippen LogP contribution in [0.25, 0.3) is 10.9 Å². The van der Waals surface area contributed by atoms with E-state index in [1.807, 2.05) is 6.07 Å². The largest absolute Gasteiger partial charge is 0.361 e. The Bertz CT molecular complexity index is 664. The summed E-state index contributed by atoms with van der Waals surface area (Å²) in [7, 11) is 0. The normalized spacial score (nSPS) is 18.5. The zero-order valence-corrected chi connectivity index (χ0v) is 15.8. The minimum Gasteiger partial charge on any atom is -0.361 e. The van der Waals surface area contributed by atoms with Gasteiger partial charge in [0.25, 0.3) is 0 Å². The molecule has 0 radical (unpaired) electrons. The van der Waals surface area contributed by atoms with Crippen LogP contribution in [0.5, 0.6) is 0 Å².